The molecular formula is C16H23NO3. The molecule has 2 N–H and O–H groups in total. The predicted octanol–water partition coefficient (Wildman–Crippen LogP) is 1.81. The quantitative estimate of drug-likeness (QED) is 0.881. The van der Waals surface area contributed by atoms with E-state index in [1.807, 2.05) is 6.07 Å². The van der Waals surface area contributed by atoms with Crippen LogP contribution in [0.15, 0.2) is 18.2 Å². The van der Waals surface area contributed by atoms with Crippen LogP contribution in [0, 0.1) is 0 Å². The lowest BCUT2D eigenvalue weighted by Crippen LogP contribution is -2.43. The van der Waals surface area contributed by atoms with Gasteiger partial charge in [-0.05, 0) is 42.5 Å². The van der Waals surface area contributed by atoms with Crippen molar-refractivity contribution in [2.45, 2.75) is 37.3 Å². The van der Waals surface area contributed by atoms with Crippen LogP contribution in [0.4, 0.5) is 0 Å². The Morgan fingerprint density at radius 2 is 2.40 bits per heavy atom. The summed E-state index contributed by atoms with van der Waals surface area (Å²) in [7, 11) is 1.70. The molecule has 1 heterocycles. The topological polar surface area (TPSA) is 50.7 Å². The predicted molar refractivity (Wildman–Crippen MR) is 77.1 cm³/mol. The maximum atomic E-state index is 10.3. The maximum Gasteiger partial charge on any atom is 0.119 e. The second-order valence-electron chi connectivity index (χ2n) is 5.92. The monoisotopic (exact) mass is 277 g/mol. The second-order valence-corrected chi connectivity index (χ2v) is 5.92. The number of ether oxygens (including phenoxy) is 2. The Hall–Kier alpha value is -1.10. The van der Waals surface area contributed by atoms with Gasteiger partial charge in [0, 0.05) is 25.6 Å². The Bertz CT molecular complexity index is 469. The summed E-state index contributed by atoms with van der Waals surface area (Å²) in [5.74, 6) is 0.923. The van der Waals surface area contributed by atoms with Crippen molar-refractivity contribution in [3.8, 4) is 5.75 Å². The minimum atomic E-state index is -0.690. The average molecular weight is 277 g/mol. The Kier molecular flexibility index (Phi) is 3.96. The molecule has 2 unspecified atom stereocenters. The van der Waals surface area contributed by atoms with Gasteiger partial charge in [-0.25, -0.2) is 0 Å². The molecule has 0 spiro atoms. The average Bonchev–Trinajstić information content (AvgIpc) is 2.91. The molecular weight excluding hydrogens is 254 g/mol. The molecule has 0 bridgehead atoms. The highest BCUT2D eigenvalue weighted by atomic mass is 16.5. The standard InChI is InChI=1S/C16H23NO3/c1-19-13-5-6-14-12(9-13)3-2-4-15(14)17-10-16(18)7-8-20-11-16/h5-6,9,15,17-18H,2-4,7-8,10-11H2,1H3. The Balaban J connectivity index is 1.70. The van der Waals surface area contributed by atoms with Crippen LogP contribution in [0.25, 0.3) is 0 Å². The van der Waals surface area contributed by atoms with Gasteiger partial charge in [-0.3, -0.25) is 0 Å². The van der Waals surface area contributed by atoms with Crippen LogP contribution in [0.2, 0.25) is 0 Å². The SMILES string of the molecule is COc1ccc2c(c1)CCCC2NCC1(O)CCOC1. The van der Waals surface area contributed by atoms with Gasteiger partial charge in [-0.1, -0.05) is 6.07 Å². The first-order chi connectivity index (χ1) is 9.70. The number of methoxy groups -OCH3 is 1. The number of aryl methyl sites for hydroxylation is 1. The van der Waals surface area contributed by atoms with E-state index in [0.29, 0.717) is 25.8 Å². The molecule has 20 heavy (non-hydrogen) atoms. The lowest BCUT2D eigenvalue weighted by Gasteiger charge is -2.30. The molecule has 1 aromatic rings. The summed E-state index contributed by atoms with van der Waals surface area (Å²) in [5.41, 5.74) is 2.02. The van der Waals surface area contributed by atoms with Crippen molar-refractivity contribution in [2.24, 2.45) is 0 Å². The van der Waals surface area contributed by atoms with Crippen LogP contribution in [-0.2, 0) is 11.2 Å². The number of nitrogens with one attached hydrogen (secondary N) is 1. The number of rotatable bonds is 4. The molecule has 0 saturated carbocycles. The summed E-state index contributed by atoms with van der Waals surface area (Å²) in [4.78, 5) is 0. The third-order valence-electron chi connectivity index (χ3n) is 4.42. The van der Waals surface area contributed by atoms with E-state index in [1.165, 1.54) is 17.5 Å². The molecule has 2 atom stereocenters. The van der Waals surface area contributed by atoms with Gasteiger partial charge >= 0.3 is 0 Å². The Labute approximate surface area is 120 Å². The van der Waals surface area contributed by atoms with Crippen molar-refractivity contribution < 1.29 is 14.6 Å². The fraction of sp³-hybridized carbons (Fsp3) is 0.625. The van der Waals surface area contributed by atoms with Crippen molar-refractivity contribution >= 4 is 0 Å². The second kappa shape index (κ2) is 5.72. The van der Waals surface area contributed by atoms with Gasteiger partial charge in [0.25, 0.3) is 0 Å². The van der Waals surface area contributed by atoms with Crippen LogP contribution >= 0.6 is 0 Å². The number of hydrogen-bond acceptors (Lipinski definition) is 4. The van der Waals surface area contributed by atoms with Crippen molar-refractivity contribution in [1.29, 1.82) is 0 Å². The summed E-state index contributed by atoms with van der Waals surface area (Å²) in [6, 6.07) is 6.64. The number of hydrogen-bond donors (Lipinski definition) is 2. The van der Waals surface area contributed by atoms with Crippen molar-refractivity contribution in [2.75, 3.05) is 26.9 Å². The molecule has 2 aliphatic rings. The molecule has 110 valence electrons. The zero-order valence-corrected chi connectivity index (χ0v) is 12.0. The zero-order chi connectivity index (χ0) is 14.0. The van der Waals surface area contributed by atoms with Crippen LogP contribution in [0.5, 0.6) is 5.75 Å². The van der Waals surface area contributed by atoms with E-state index in [0.717, 1.165) is 25.0 Å². The first-order valence-electron chi connectivity index (χ1n) is 7.40. The van der Waals surface area contributed by atoms with Crippen LogP contribution in [-0.4, -0.2) is 37.6 Å². The van der Waals surface area contributed by atoms with E-state index in [-0.39, 0.29) is 0 Å². The van der Waals surface area contributed by atoms with E-state index in [4.69, 9.17) is 9.47 Å². The molecule has 0 amide bonds. The number of benzene rings is 1. The highest BCUT2D eigenvalue weighted by molar-refractivity contribution is 5.39. The normalized spacial score (nSPS) is 29.2. The van der Waals surface area contributed by atoms with Crippen LogP contribution in [0.1, 0.15) is 36.4 Å². The van der Waals surface area contributed by atoms with Gasteiger partial charge in [0.05, 0.1) is 13.7 Å². The summed E-state index contributed by atoms with van der Waals surface area (Å²) in [5, 5.41) is 13.9. The largest absolute Gasteiger partial charge is 0.497 e. The van der Waals surface area contributed by atoms with Gasteiger partial charge in [0.15, 0.2) is 0 Å². The molecule has 0 radical (unpaired) electrons. The summed E-state index contributed by atoms with van der Waals surface area (Å²) in [6.07, 6.45) is 4.13. The number of fused-ring (bicyclic) bond motifs is 1. The van der Waals surface area contributed by atoms with Gasteiger partial charge in [0.2, 0.25) is 0 Å². The summed E-state index contributed by atoms with van der Waals surface area (Å²) >= 11 is 0. The van der Waals surface area contributed by atoms with E-state index in [9.17, 15) is 5.11 Å². The van der Waals surface area contributed by atoms with Crippen molar-refractivity contribution in [1.82, 2.24) is 5.32 Å². The van der Waals surface area contributed by atoms with Crippen molar-refractivity contribution in [3.05, 3.63) is 29.3 Å². The molecule has 1 aliphatic heterocycles. The minimum Gasteiger partial charge on any atom is -0.497 e. The Morgan fingerprint density at radius 3 is 3.15 bits per heavy atom. The van der Waals surface area contributed by atoms with Crippen LogP contribution < -0.4 is 10.1 Å². The van der Waals surface area contributed by atoms with Gasteiger partial charge in [-0.2, -0.15) is 0 Å². The molecule has 1 saturated heterocycles. The maximum absolute atomic E-state index is 10.3. The number of aliphatic hydroxyl groups is 1. The fourth-order valence-corrected chi connectivity index (χ4v) is 3.18. The highest BCUT2D eigenvalue weighted by Gasteiger charge is 2.33. The molecule has 1 fully saturated rings. The first-order valence-corrected chi connectivity index (χ1v) is 7.40. The third kappa shape index (κ3) is 2.82. The summed E-state index contributed by atoms with van der Waals surface area (Å²) in [6.45, 7) is 1.71. The zero-order valence-electron chi connectivity index (χ0n) is 12.0. The van der Waals surface area contributed by atoms with Crippen LogP contribution in [0.3, 0.4) is 0 Å². The fourth-order valence-electron chi connectivity index (χ4n) is 3.18. The molecule has 0 aromatic heterocycles. The molecule has 1 aromatic carbocycles. The third-order valence-corrected chi connectivity index (χ3v) is 4.42. The smallest absolute Gasteiger partial charge is 0.119 e. The molecule has 1 aliphatic carbocycles. The lowest BCUT2D eigenvalue weighted by atomic mass is 9.87. The first kappa shape index (κ1) is 13.9. The van der Waals surface area contributed by atoms with Gasteiger partial charge < -0.3 is 19.9 Å². The molecule has 3 rings (SSSR count). The van der Waals surface area contributed by atoms with Crippen molar-refractivity contribution in [3.63, 3.8) is 0 Å². The molecule has 4 nitrogen and oxygen atoms in total. The van der Waals surface area contributed by atoms with E-state index < -0.39 is 5.60 Å². The van der Waals surface area contributed by atoms with E-state index in [2.05, 4.69) is 17.4 Å². The Morgan fingerprint density at radius 1 is 1.50 bits per heavy atom. The minimum absolute atomic E-state index is 0.328. The lowest BCUT2D eigenvalue weighted by molar-refractivity contribution is 0.0243. The van der Waals surface area contributed by atoms with Gasteiger partial charge in [0.1, 0.15) is 11.4 Å². The highest BCUT2D eigenvalue weighted by Crippen LogP contribution is 2.32. The van der Waals surface area contributed by atoms with E-state index in [1.54, 1.807) is 7.11 Å². The molecule has 4 heteroatoms. The summed E-state index contributed by atoms with van der Waals surface area (Å²) < 4.78 is 10.6. The van der Waals surface area contributed by atoms with Gasteiger partial charge in [-0.15, -0.1) is 0 Å². The van der Waals surface area contributed by atoms with E-state index >= 15 is 0 Å².